The largest absolute Gasteiger partial charge is 0.373 e. The molecule has 0 spiro atoms. The van der Waals surface area contributed by atoms with Crippen molar-refractivity contribution in [1.82, 2.24) is 19.9 Å². The zero-order chi connectivity index (χ0) is 21.8. The van der Waals surface area contributed by atoms with Gasteiger partial charge in [-0.1, -0.05) is 19.1 Å². The minimum atomic E-state index is -3.45. The van der Waals surface area contributed by atoms with Gasteiger partial charge >= 0.3 is 0 Å². The zero-order valence-corrected chi connectivity index (χ0v) is 17.8. The van der Waals surface area contributed by atoms with E-state index in [4.69, 9.17) is 0 Å². The third-order valence-corrected chi connectivity index (χ3v) is 6.95. The number of rotatable bonds is 9. The molecule has 1 aliphatic carbocycles. The third-order valence-electron chi connectivity index (χ3n) is 5.13. The molecule has 2 atom stereocenters. The maximum Gasteiger partial charge on any atom is 0.237 e. The molecule has 162 valence electrons. The number of hydrogen-bond donors (Lipinski definition) is 3. The van der Waals surface area contributed by atoms with Gasteiger partial charge in [0.15, 0.2) is 0 Å². The first kappa shape index (κ1) is 21.1. The van der Waals surface area contributed by atoms with E-state index in [-0.39, 0.29) is 17.1 Å². The smallest absolute Gasteiger partial charge is 0.237 e. The quantitative estimate of drug-likeness (QED) is 0.433. The van der Waals surface area contributed by atoms with E-state index in [0.717, 1.165) is 16.9 Å². The highest BCUT2D eigenvalue weighted by atomic mass is 32.2. The van der Waals surface area contributed by atoms with Gasteiger partial charge in [-0.3, -0.25) is 14.7 Å². The molecule has 10 heteroatoms. The van der Waals surface area contributed by atoms with Crippen LogP contribution in [0.2, 0.25) is 0 Å². The summed E-state index contributed by atoms with van der Waals surface area (Å²) in [5, 5.41) is 13.5. The van der Waals surface area contributed by atoms with E-state index in [2.05, 4.69) is 30.0 Å². The number of aliphatic hydroxyl groups excluding tert-OH is 1. The van der Waals surface area contributed by atoms with Crippen LogP contribution >= 0.6 is 0 Å². The number of sulfonamides is 1. The Kier molecular flexibility index (Phi) is 6.10. The van der Waals surface area contributed by atoms with Crippen molar-refractivity contribution in [3.05, 3.63) is 60.8 Å². The number of nitrogens with zero attached hydrogens (tertiary/aromatic N) is 4. The first-order valence-electron chi connectivity index (χ1n) is 10.1. The molecule has 1 saturated carbocycles. The van der Waals surface area contributed by atoms with Crippen LogP contribution in [0.25, 0.3) is 11.3 Å². The van der Waals surface area contributed by atoms with Crippen LogP contribution in [0.15, 0.2) is 55.1 Å². The molecule has 31 heavy (non-hydrogen) atoms. The maximum absolute atomic E-state index is 12.2. The number of nitrogens with one attached hydrogen (secondary N) is 2. The Balaban J connectivity index is 1.46. The normalized spacial score (nSPS) is 15.8. The van der Waals surface area contributed by atoms with E-state index in [1.54, 1.807) is 24.7 Å². The summed E-state index contributed by atoms with van der Waals surface area (Å²) in [6.07, 6.45) is 7.43. The van der Waals surface area contributed by atoms with Crippen LogP contribution in [0.5, 0.6) is 0 Å². The molecule has 2 unspecified atom stereocenters. The highest BCUT2D eigenvalue weighted by molar-refractivity contribution is 7.93. The van der Waals surface area contributed by atoms with Crippen molar-refractivity contribution in [3.8, 4) is 11.3 Å². The van der Waals surface area contributed by atoms with Crippen molar-refractivity contribution < 1.29 is 13.5 Å². The molecule has 2 aromatic heterocycles. The van der Waals surface area contributed by atoms with Gasteiger partial charge < -0.3 is 10.4 Å². The van der Waals surface area contributed by atoms with Crippen LogP contribution in [-0.4, -0.2) is 44.9 Å². The van der Waals surface area contributed by atoms with Gasteiger partial charge in [-0.2, -0.15) is 0 Å². The molecule has 9 nitrogen and oxygen atoms in total. The summed E-state index contributed by atoms with van der Waals surface area (Å²) in [6, 6.07) is 9.19. The summed E-state index contributed by atoms with van der Waals surface area (Å²) in [4.78, 5) is 16.7. The molecule has 0 aliphatic heterocycles. The summed E-state index contributed by atoms with van der Waals surface area (Å²) in [5.74, 6) is -0.324. The van der Waals surface area contributed by atoms with Gasteiger partial charge in [0, 0.05) is 35.8 Å². The van der Waals surface area contributed by atoms with Crippen molar-refractivity contribution in [2.24, 2.45) is 0 Å². The number of hydrogen-bond acceptors (Lipinski definition) is 8. The average molecular weight is 441 g/mol. The van der Waals surface area contributed by atoms with Crippen LogP contribution in [0, 0.1) is 0 Å². The van der Waals surface area contributed by atoms with Gasteiger partial charge in [-0.15, -0.1) is 0 Å². The average Bonchev–Trinajstić information content (AvgIpc) is 3.62. The Morgan fingerprint density at radius 3 is 2.52 bits per heavy atom. The molecule has 1 aliphatic rings. The summed E-state index contributed by atoms with van der Waals surface area (Å²) < 4.78 is 26.8. The predicted molar refractivity (Wildman–Crippen MR) is 118 cm³/mol. The van der Waals surface area contributed by atoms with Crippen LogP contribution < -0.4 is 10.0 Å². The van der Waals surface area contributed by atoms with E-state index < -0.39 is 16.3 Å². The SMILES string of the molecule is CCC(c1ccnc(NS(=O)(=O)C2CC2)n1)C(O)Nc1ccc(-c2cnccn2)cc1. The molecule has 0 saturated heterocycles. The Morgan fingerprint density at radius 1 is 1.10 bits per heavy atom. The van der Waals surface area contributed by atoms with Gasteiger partial charge in [0.1, 0.15) is 6.23 Å². The second kappa shape index (κ2) is 8.94. The molecular formula is C21H24N6O3S. The molecule has 1 aromatic carbocycles. The highest BCUT2D eigenvalue weighted by Gasteiger charge is 2.36. The molecule has 3 N–H and O–H groups in total. The van der Waals surface area contributed by atoms with Gasteiger partial charge in [-0.05, 0) is 37.5 Å². The summed E-state index contributed by atoms with van der Waals surface area (Å²) >= 11 is 0. The van der Waals surface area contributed by atoms with E-state index in [1.807, 2.05) is 31.2 Å². The lowest BCUT2D eigenvalue weighted by molar-refractivity contribution is 0.166. The van der Waals surface area contributed by atoms with Crippen molar-refractivity contribution in [2.75, 3.05) is 10.0 Å². The van der Waals surface area contributed by atoms with Crippen molar-refractivity contribution in [2.45, 2.75) is 43.6 Å². The number of anilines is 2. The molecule has 0 amide bonds. The second-order valence-corrected chi connectivity index (χ2v) is 9.38. The monoisotopic (exact) mass is 440 g/mol. The molecule has 3 aromatic rings. The van der Waals surface area contributed by atoms with Crippen LogP contribution in [-0.2, 0) is 10.0 Å². The predicted octanol–water partition coefficient (Wildman–Crippen LogP) is 2.76. The van der Waals surface area contributed by atoms with Gasteiger partial charge in [0.05, 0.1) is 22.8 Å². The summed E-state index contributed by atoms with van der Waals surface area (Å²) in [7, 11) is -3.45. The molecule has 1 fully saturated rings. The van der Waals surface area contributed by atoms with Gasteiger partial charge in [0.2, 0.25) is 16.0 Å². The lowest BCUT2D eigenvalue weighted by atomic mass is 9.99. The van der Waals surface area contributed by atoms with Crippen LogP contribution in [0.3, 0.4) is 0 Å². The Morgan fingerprint density at radius 2 is 1.87 bits per heavy atom. The fraction of sp³-hybridized carbons (Fsp3) is 0.333. The lowest BCUT2D eigenvalue weighted by Gasteiger charge is -2.23. The van der Waals surface area contributed by atoms with E-state index in [9.17, 15) is 13.5 Å². The van der Waals surface area contributed by atoms with Crippen molar-refractivity contribution in [3.63, 3.8) is 0 Å². The van der Waals surface area contributed by atoms with Crippen LogP contribution in [0.4, 0.5) is 11.6 Å². The first-order chi connectivity index (χ1) is 15.0. The standard InChI is InChI=1S/C21H24N6O3S/c1-2-17(18-9-10-24-21(26-18)27-31(29,30)16-7-8-16)20(28)25-15-5-3-14(4-6-15)19-13-22-11-12-23-19/h3-6,9-13,16-17,20,25,28H,2,7-8H2,1H3,(H,24,26,27). The molecule has 0 radical (unpaired) electrons. The number of aliphatic hydroxyl groups is 1. The molecule has 0 bridgehead atoms. The summed E-state index contributed by atoms with van der Waals surface area (Å²) in [5.41, 5.74) is 2.98. The maximum atomic E-state index is 12.2. The number of benzene rings is 1. The fourth-order valence-electron chi connectivity index (χ4n) is 3.27. The Labute approximate surface area is 181 Å². The Hall–Kier alpha value is -3.11. The third kappa shape index (κ3) is 5.15. The highest BCUT2D eigenvalue weighted by Crippen LogP contribution is 2.30. The van der Waals surface area contributed by atoms with Gasteiger partial charge in [-0.25, -0.2) is 18.4 Å². The van der Waals surface area contributed by atoms with Crippen molar-refractivity contribution >= 4 is 21.7 Å². The fourth-order valence-corrected chi connectivity index (χ4v) is 4.54. The number of aromatic nitrogens is 4. The summed E-state index contributed by atoms with van der Waals surface area (Å²) in [6.45, 7) is 1.93. The zero-order valence-electron chi connectivity index (χ0n) is 17.0. The van der Waals surface area contributed by atoms with E-state index in [0.29, 0.717) is 25.0 Å². The van der Waals surface area contributed by atoms with Crippen LogP contribution in [0.1, 0.15) is 37.8 Å². The van der Waals surface area contributed by atoms with Gasteiger partial charge in [0.25, 0.3) is 0 Å². The molecular weight excluding hydrogens is 416 g/mol. The molecule has 4 rings (SSSR count). The second-order valence-electron chi connectivity index (χ2n) is 7.42. The first-order valence-corrected chi connectivity index (χ1v) is 11.7. The van der Waals surface area contributed by atoms with Crippen molar-refractivity contribution in [1.29, 1.82) is 0 Å². The molecule has 2 heterocycles. The lowest BCUT2D eigenvalue weighted by Crippen LogP contribution is -2.28. The topological polar surface area (TPSA) is 130 Å². The minimum absolute atomic E-state index is 0.0309. The van der Waals surface area contributed by atoms with E-state index >= 15 is 0 Å². The Bertz CT molecular complexity index is 1120. The minimum Gasteiger partial charge on any atom is -0.373 e. The van der Waals surface area contributed by atoms with E-state index in [1.165, 1.54) is 6.20 Å².